The monoisotopic (exact) mass is 572 g/mol. The van der Waals surface area contributed by atoms with Gasteiger partial charge in [-0.25, -0.2) is 9.78 Å². The lowest BCUT2D eigenvalue weighted by molar-refractivity contribution is -0.142. The number of carbonyl (C=O) groups excluding carboxylic acids is 4. The highest BCUT2D eigenvalue weighted by atomic mass is 16.4. The van der Waals surface area contributed by atoms with Crippen LogP contribution in [0.25, 0.3) is 0 Å². The van der Waals surface area contributed by atoms with Crippen LogP contribution in [0.3, 0.4) is 0 Å². The zero-order chi connectivity index (χ0) is 30.4. The van der Waals surface area contributed by atoms with Gasteiger partial charge in [-0.3, -0.25) is 24.2 Å². The fourth-order valence-electron chi connectivity index (χ4n) is 3.78. The number of carbonyl (C=O) groups is 5. The molecule has 0 saturated heterocycles. The molecule has 0 radical (unpaired) electrons. The quantitative estimate of drug-likeness (QED) is 0.0525. The summed E-state index contributed by atoms with van der Waals surface area (Å²) < 4.78 is 0. The molecule has 0 aliphatic rings. The lowest BCUT2D eigenvalue weighted by atomic mass is 10.0. The van der Waals surface area contributed by atoms with Gasteiger partial charge in [-0.05, 0) is 24.8 Å². The summed E-state index contributed by atoms with van der Waals surface area (Å²) >= 11 is 0. The lowest BCUT2D eigenvalue weighted by Gasteiger charge is -2.24. The summed E-state index contributed by atoms with van der Waals surface area (Å²) in [6.45, 7) is 0.150. The van der Waals surface area contributed by atoms with Crippen LogP contribution in [0.4, 0.5) is 0 Å². The van der Waals surface area contributed by atoms with Crippen LogP contribution in [0.5, 0.6) is 0 Å². The molecule has 0 spiro atoms. The maximum Gasteiger partial charge on any atom is 0.326 e. The van der Waals surface area contributed by atoms with Gasteiger partial charge in [0.1, 0.15) is 18.1 Å². The number of nitrogens with two attached hydrogens (primary N) is 4. The first kappa shape index (κ1) is 32.2. The number of aliphatic carboxylic acids is 1. The van der Waals surface area contributed by atoms with Gasteiger partial charge in [-0.15, -0.1) is 0 Å². The van der Waals surface area contributed by atoms with Crippen LogP contribution < -0.4 is 38.9 Å². The summed E-state index contributed by atoms with van der Waals surface area (Å²) in [6, 6.07) is 3.83. The van der Waals surface area contributed by atoms with Gasteiger partial charge in [0.15, 0.2) is 5.96 Å². The number of primary amides is 1. The molecule has 0 aliphatic carbocycles. The third-order valence-corrected chi connectivity index (χ3v) is 5.85. The Morgan fingerprint density at radius 2 is 1.54 bits per heavy atom. The van der Waals surface area contributed by atoms with Crippen LogP contribution >= 0.6 is 0 Å². The molecular formula is C25H36N10O6. The highest BCUT2D eigenvalue weighted by molar-refractivity contribution is 5.96. The van der Waals surface area contributed by atoms with E-state index in [1.807, 2.05) is 6.07 Å². The topological polar surface area (TPSA) is 287 Å². The van der Waals surface area contributed by atoms with Crippen molar-refractivity contribution in [3.05, 3.63) is 54.1 Å². The molecule has 2 aromatic rings. The Morgan fingerprint density at radius 1 is 0.902 bits per heavy atom. The number of H-pyrrole nitrogens is 1. The van der Waals surface area contributed by atoms with Crippen molar-refractivity contribution in [2.45, 2.75) is 56.3 Å². The van der Waals surface area contributed by atoms with E-state index in [-0.39, 0.29) is 38.2 Å². The first-order valence-electron chi connectivity index (χ1n) is 12.7. The van der Waals surface area contributed by atoms with E-state index in [2.05, 4.69) is 30.9 Å². The van der Waals surface area contributed by atoms with Crippen molar-refractivity contribution in [2.75, 3.05) is 6.54 Å². The zero-order valence-corrected chi connectivity index (χ0v) is 22.3. The van der Waals surface area contributed by atoms with Gasteiger partial charge in [-0.2, -0.15) is 0 Å². The van der Waals surface area contributed by atoms with Crippen molar-refractivity contribution in [1.29, 1.82) is 0 Å². The van der Waals surface area contributed by atoms with Gasteiger partial charge in [0.25, 0.3) is 0 Å². The number of aliphatic imine (C=N–C) groups is 1. The molecule has 1 aromatic heterocycles. The van der Waals surface area contributed by atoms with E-state index < -0.39 is 60.2 Å². The summed E-state index contributed by atoms with van der Waals surface area (Å²) in [5.41, 5.74) is 23.1. The maximum atomic E-state index is 13.2. The number of nitrogens with zero attached hydrogens (tertiary/aromatic N) is 2. The van der Waals surface area contributed by atoms with Crippen molar-refractivity contribution >= 4 is 35.6 Å². The summed E-state index contributed by atoms with van der Waals surface area (Å²) in [5, 5.41) is 16.9. The van der Waals surface area contributed by atoms with Crippen LogP contribution in [0.1, 0.15) is 30.5 Å². The number of carboxylic acid groups (broad SMARTS) is 1. The number of amides is 4. The fourth-order valence-corrected chi connectivity index (χ4v) is 3.78. The van der Waals surface area contributed by atoms with Gasteiger partial charge < -0.3 is 49.0 Å². The van der Waals surface area contributed by atoms with E-state index in [4.69, 9.17) is 22.9 Å². The van der Waals surface area contributed by atoms with E-state index in [9.17, 15) is 29.1 Å². The van der Waals surface area contributed by atoms with Crippen LogP contribution in [0.15, 0.2) is 47.8 Å². The Balaban J connectivity index is 2.15. The van der Waals surface area contributed by atoms with E-state index >= 15 is 0 Å². The molecule has 16 heteroatoms. The molecule has 4 unspecified atom stereocenters. The van der Waals surface area contributed by atoms with Crippen molar-refractivity contribution < 1.29 is 29.1 Å². The minimum atomic E-state index is -1.45. The third-order valence-electron chi connectivity index (χ3n) is 5.85. The van der Waals surface area contributed by atoms with E-state index in [0.29, 0.717) is 5.69 Å². The molecule has 4 atom stereocenters. The van der Waals surface area contributed by atoms with Crippen molar-refractivity contribution in [3.8, 4) is 0 Å². The van der Waals surface area contributed by atoms with Gasteiger partial charge in [0, 0.05) is 24.9 Å². The number of rotatable bonds is 17. The molecule has 1 heterocycles. The number of hydrogen-bond donors (Lipinski definition) is 9. The molecule has 13 N–H and O–H groups in total. The molecule has 0 aliphatic heterocycles. The second kappa shape index (κ2) is 16.2. The van der Waals surface area contributed by atoms with Gasteiger partial charge >= 0.3 is 5.97 Å². The molecule has 41 heavy (non-hydrogen) atoms. The van der Waals surface area contributed by atoms with Crippen LogP contribution in [0, 0.1) is 0 Å². The van der Waals surface area contributed by atoms with Crippen LogP contribution in [-0.2, 0) is 36.8 Å². The summed E-state index contributed by atoms with van der Waals surface area (Å²) in [4.78, 5) is 73.0. The number of guanidine groups is 1. The number of nitrogens with one attached hydrogen (secondary N) is 4. The Morgan fingerprint density at radius 3 is 2.12 bits per heavy atom. The highest BCUT2D eigenvalue weighted by Crippen LogP contribution is 2.06. The fraction of sp³-hybridized carbons (Fsp3) is 0.400. The van der Waals surface area contributed by atoms with E-state index in [1.54, 1.807) is 24.3 Å². The molecule has 2 rings (SSSR count). The normalized spacial score (nSPS) is 13.6. The van der Waals surface area contributed by atoms with Crippen LogP contribution in [0.2, 0.25) is 0 Å². The first-order chi connectivity index (χ1) is 19.5. The Hall–Kier alpha value is -4.99. The minimum Gasteiger partial charge on any atom is -0.480 e. The summed E-state index contributed by atoms with van der Waals surface area (Å²) in [5.74, 6) is -4.78. The smallest absolute Gasteiger partial charge is 0.326 e. The molecular weight excluding hydrogens is 536 g/mol. The number of aromatic amines is 1. The lowest BCUT2D eigenvalue weighted by Crippen LogP contribution is -2.58. The molecule has 0 bridgehead atoms. The average Bonchev–Trinajstić information content (AvgIpc) is 3.42. The largest absolute Gasteiger partial charge is 0.480 e. The number of carboxylic acids is 1. The molecule has 0 saturated carbocycles. The second-order valence-corrected chi connectivity index (χ2v) is 9.22. The summed E-state index contributed by atoms with van der Waals surface area (Å²) in [6.07, 6.45) is 2.52. The number of benzene rings is 1. The predicted molar refractivity (Wildman–Crippen MR) is 148 cm³/mol. The van der Waals surface area contributed by atoms with Gasteiger partial charge in [0.2, 0.25) is 23.6 Å². The van der Waals surface area contributed by atoms with Crippen molar-refractivity contribution in [1.82, 2.24) is 25.9 Å². The van der Waals surface area contributed by atoms with E-state index in [1.165, 1.54) is 12.5 Å². The molecule has 222 valence electrons. The standard InChI is InChI=1S/C25H36N10O6/c26-16(9-14-5-2-1-3-6-14)21(37)34-19(11-20(27)36)23(39)35-18(10-15-12-30-13-32-15)22(38)33-17(24(40)41)7-4-8-31-25(28)29/h1-3,5-6,12-13,16-19H,4,7-11,26H2,(H2,27,36)(H,30,32)(H,33,38)(H,34,37)(H,35,39)(H,40,41)(H4,28,29,31). The predicted octanol–water partition coefficient (Wildman–Crippen LogP) is -3.01. The Kier molecular flexibility index (Phi) is 12.7. The van der Waals surface area contributed by atoms with Gasteiger partial charge in [-0.1, -0.05) is 30.3 Å². The molecule has 4 amide bonds. The van der Waals surface area contributed by atoms with Crippen molar-refractivity contribution in [3.63, 3.8) is 0 Å². The Labute approximate surface area is 235 Å². The van der Waals surface area contributed by atoms with Gasteiger partial charge in [0.05, 0.1) is 18.8 Å². The van der Waals surface area contributed by atoms with Crippen molar-refractivity contribution in [2.24, 2.45) is 27.9 Å². The second-order valence-electron chi connectivity index (χ2n) is 9.22. The maximum absolute atomic E-state index is 13.2. The van der Waals surface area contributed by atoms with E-state index in [0.717, 1.165) is 5.56 Å². The highest BCUT2D eigenvalue weighted by Gasteiger charge is 2.31. The minimum absolute atomic E-state index is 0.00222. The van der Waals surface area contributed by atoms with Crippen LogP contribution in [-0.4, -0.2) is 81.3 Å². The Bertz CT molecular complexity index is 1200. The zero-order valence-electron chi connectivity index (χ0n) is 22.3. The number of hydrogen-bond acceptors (Lipinski definition) is 8. The SMILES string of the molecule is NC(=O)CC(NC(=O)C(N)Cc1ccccc1)C(=O)NC(Cc1cnc[nH]1)C(=O)NC(CCCN=C(N)N)C(=O)O. The third kappa shape index (κ3) is 11.7. The summed E-state index contributed by atoms with van der Waals surface area (Å²) in [7, 11) is 0. The first-order valence-corrected chi connectivity index (χ1v) is 12.7. The molecule has 0 fully saturated rings. The number of imidazole rings is 1. The molecule has 16 nitrogen and oxygen atoms in total. The number of aromatic nitrogens is 2. The average molecular weight is 573 g/mol. The molecule has 1 aromatic carbocycles.